The minimum atomic E-state index is -1.05. The summed E-state index contributed by atoms with van der Waals surface area (Å²) in [7, 11) is 1.73. The van der Waals surface area contributed by atoms with Crippen LogP contribution in [-0.4, -0.2) is 49.0 Å². The first-order chi connectivity index (χ1) is 10.4. The van der Waals surface area contributed by atoms with Crippen molar-refractivity contribution in [3.63, 3.8) is 0 Å². The summed E-state index contributed by atoms with van der Waals surface area (Å²) in [6, 6.07) is 1.89. The molecule has 2 aromatic heterocycles. The molecule has 1 amide bonds. The summed E-state index contributed by atoms with van der Waals surface area (Å²) in [5.74, 6) is 0.458. The Balaban J connectivity index is 1.66. The second-order valence-electron chi connectivity index (χ2n) is 6.46. The van der Waals surface area contributed by atoms with E-state index in [2.05, 4.69) is 29.1 Å². The van der Waals surface area contributed by atoms with E-state index in [1.165, 1.54) is 10.9 Å². The van der Waals surface area contributed by atoms with Crippen molar-refractivity contribution in [3.8, 4) is 0 Å². The molecule has 0 radical (unpaired) electrons. The van der Waals surface area contributed by atoms with Gasteiger partial charge < -0.3 is 15.0 Å². The second kappa shape index (κ2) is 5.24. The Kier molecular flexibility index (Phi) is 3.52. The van der Waals surface area contributed by atoms with Gasteiger partial charge in [0.2, 0.25) is 0 Å². The van der Waals surface area contributed by atoms with Crippen molar-refractivity contribution in [3.05, 3.63) is 35.4 Å². The van der Waals surface area contributed by atoms with Crippen LogP contribution in [0.5, 0.6) is 0 Å². The molecule has 3 heterocycles. The average molecular weight is 303 g/mol. The zero-order valence-electron chi connectivity index (χ0n) is 13.1. The van der Waals surface area contributed by atoms with E-state index in [0.29, 0.717) is 17.3 Å². The topological polar surface area (TPSA) is 87.0 Å². The number of hydrogen-bond acceptors (Lipinski definition) is 4. The predicted molar refractivity (Wildman–Crippen MR) is 80.1 cm³/mol. The summed E-state index contributed by atoms with van der Waals surface area (Å²) in [5, 5.41) is 18.1. The van der Waals surface area contributed by atoms with Crippen LogP contribution in [0, 0.1) is 5.92 Å². The van der Waals surface area contributed by atoms with E-state index in [4.69, 9.17) is 0 Å². The molecule has 1 fully saturated rings. The van der Waals surface area contributed by atoms with Crippen LogP contribution in [0.2, 0.25) is 0 Å². The van der Waals surface area contributed by atoms with Crippen molar-refractivity contribution >= 4 is 5.91 Å². The number of carbonyl (C=O) groups excluding carboxylic acids is 1. The number of rotatable bonds is 4. The first-order valence-electron chi connectivity index (χ1n) is 7.43. The summed E-state index contributed by atoms with van der Waals surface area (Å²) in [5.41, 5.74) is 1.27. The standard InChI is InChI=1S/C15H21N5O2/c1-10(2)4-11-5-12(16-6-11)14(21)20-8-15(22,9-20)13-7-17-18-19(13)3/h5-7,10,16,22H,4,8-9H2,1-3H3. The Morgan fingerprint density at radius 3 is 2.82 bits per heavy atom. The fourth-order valence-electron chi connectivity index (χ4n) is 2.92. The highest BCUT2D eigenvalue weighted by Crippen LogP contribution is 2.32. The minimum absolute atomic E-state index is 0.0881. The Morgan fingerprint density at radius 1 is 1.50 bits per heavy atom. The molecule has 1 saturated heterocycles. The number of amides is 1. The number of aromatic amines is 1. The van der Waals surface area contributed by atoms with Gasteiger partial charge in [-0.25, -0.2) is 4.68 Å². The summed E-state index contributed by atoms with van der Waals surface area (Å²) in [4.78, 5) is 17.1. The number of β-amino-alcohol motifs (C(OH)–C–C–N with tert-alkyl or cyclic N) is 1. The number of aliphatic hydroxyl groups is 1. The molecule has 2 aromatic rings. The molecule has 3 rings (SSSR count). The normalized spacial score (nSPS) is 16.9. The molecule has 0 atom stereocenters. The van der Waals surface area contributed by atoms with Crippen molar-refractivity contribution in [2.24, 2.45) is 13.0 Å². The maximum Gasteiger partial charge on any atom is 0.270 e. The number of H-pyrrole nitrogens is 1. The molecular formula is C15H21N5O2. The molecule has 1 aliphatic heterocycles. The Bertz CT molecular complexity index is 682. The highest BCUT2D eigenvalue weighted by atomic mass is 16.3. The molecule has 0 saturated carbocycles. The largest absolute Gasteiger partial charge is 0.380 e. The fraction of sp³-hybridized carbons (Fsp3) is 0.533. The third-order valence-corrected chi connectivity index (χ3v) is 4.00. The van der Waals surface area contributed by atoms with Crippen LogP contribution < -0.4 is 0 Å². The molecular weight excluding hydrogens is 282 g/mol. The molecule has 1 aliphatic rings. The third-order valence-electron chi connectivity index (χ3n) is 4.00. The Hall–Kier alpha value is -2.15. The van der Waals surface area contributed by atoms with Gasteiger partial charge in [-0.1, -0.05) is 19.1 Å². The van der Waals surface area contributed by atoms with Crippen molar-refractivity contribution in [1.29, 1.82) is 0 Å². The van der Waals surface area contributed by atoms with Gasteiger partial charge in [-0.2, -0.15) is 0 Å². The third kappa shape index (κ3) is 2.52. The van der Waals surface area contributed by atoms with Crippen LogP contribution >= 0.6 is 0 Å². The monoisotopic (exact) mass is 303 g/mol. The predicted octanol–water partition coefficient (Wildman–Crippen LogP) is 0.685. The van der Waals surface area contributed by atoms with Crippen LogP contribution in [0.25, 0.3) is 0 Å². The molecule has 0 bridgehead atoms. The maximum atomic E-state index is 12.4. The van der Waals surface area contributed by atoms with Gasteiger partial charge in [0.15, 0.2) is 0 Å². The first-order valence-corrected chi connectivity index (χ1v) is 7.43. The van der Waals surface area contributed by atoms with Gasteiger partial charge in [0.1, 0.15) is 11.3 Å². The molecule has 7 nitrogen and oxygen atoms in total. The smallest absolute Gasteiger partial charge is 0.270 e. The van der Waals surface area contributed by atoms with E-state index < -0.39 is 5.60 Å². The zero-order valence-corrected chi connectivity index (χ0v) is 13.1. The Morgan fingerprint density at radius 2 is 2.23 bits per heavy atom. The van der Waals surface area contributed by atoms with E-state index >= 15 is 0 Å². The number of nitrogens with one attached hydrogen (secondary N) is 1. The quantitative estimate of drug-likeness (QED) is 0.870. The van der Waals surface area contributed by atoms with Gasteiger partial charge in [0.25, 0.3) is 5.91 Å². The van der Waals surface area contributed by atoms with Gasteiger partial charge in [-0.15, -0.1) is 5.10 Å². The number of aromatic nitrogens is 4. The van der Waals surface area contributed by atoms with E-state index in [0.717, 1.165) is 12.0 Å². The lowest BCUT2D eigenvalue weighted by atomic mass is 9.90. The lowest BCUT2D eigenvalue weighted by Crippen LogP contribution is -2.61. The van der Waals surface area contributed by atoms with Gasteiger partial charge in [-0.05, 0) is 24.0 Å². The van der Waals surface area contributed by atoms with Crippen LogP contribution in [0.4, 0.5) is 0 Å². The molecule has 2 N–H and O–H groups in total. The summed E-state index contributed by atoms with van der Waals surface area (Å²) >= 11 is 0. The van der Waals surface area contributed by atoms with Crippen molar-refractivity contribution in [2.45, 2.75) is 25.9 Å². The van der Waals surface area contributed by atoms with Gasteiger partial charge in [-0.3, -0.25) is 4.79 Å². The molecule has 0 spiro atoms. The molecule has 0 unspecified atom stereocenters. The van der Waals surface area contributed by atoms with Crippen LogP contribution in [0.15, 0.2) is 18.5 Å². The molecule has 22 heavy (non-hydrogen) atoms. The number of likely N-dealkylation sites (tertiary alicyclic amines) is 1. The Labute approximate surface area is 128 Å². The average Bonchev–Trinajstić information content (AvgIpc) is 3.03. The lowest BCUT2D eigenvalue weighted by molar-refractivity contribution is -0.0915. The highest BCUT2D eigenvalue weighted by molar-refractivity contribution is 5.93. The van der Waals surface area contributed by atoms with Gasteiger partial charge in [0.05, 0.1) is 25.0 Å². The van der Waals surface area contributed by atoms with E-state index in [-0.39, 0.29) is 19.0 Å². The molecule has 0 aliphatic carbocycles. The zero-order chi connectivity index (χ0) is 15.9. The number of carbonyl (C=O) groups is 1. The fourth-order valence-corrected chi connectivity index (χ4v) is 2.92. The SMILES string of the molecule is CC(C)Cc1c[nH]c(C(=O)N2CC(O)(c3cnnn3C)C2)c1. The van der Waals surface area contributed by atoms with Crippen LogP contribution in [0.1, 0.15) is 35.6 Å². The molecule has 0 aromatic carbocycles. The summed E-state index contributed by atoms with van der Waals surface area (Å²) in [6.07, 6.45) is 4.36. The van der Waals surface area contributed by atoms with Crippen LogP contribution in [0.3, 0.4) is 0 Å². The maximum absolute atomic E-state index is 12.4. The van der Waals surface area contributed by atoms with E-state index in [1.54, 1.807) is 11.9 Å². The van der Waals surface area contributed by atoms with Crippen molar-refractivity contribution in [1.82, 2.24) is 24.9 Å². The molecule has 7 heteroatoms. The van der Waals surface area contributed by atoms with E-state index in [9.17, 15) is 9.90 Å². The second-order valence-corrected chi connectivity index (χ2v) is 6.46. The van der Waals surface area contributed by atoms with Gasteiger partial charge >= 0.3 is 0 Å². The number of aryl methyl sites for hydroxylation is 1. The van der Waals surface area contributed by atoms with Crippen molar-refractivity contribution in [2.75, 3.05) is 13.1 Å². The van der Waals surface area contributed by atoms with Crippen molar-refractivity contribution < 1.29 is 9.90 Å². The number of nitrogens with zero attached hydrogens (tertiary/aromatic N) is 4. The lowest BCUT2D eigenvalue weighted by Gasteiger charge is -2.45. The van der Waals surface area contributed by atoms with Crippen LogP contribution in [-0.2, 0) is 19.1 Å². The summed E-state index contributed by atoms with van der Waals surface area (Å²) < 4.78 is 1.54. The van der Waals surface area contributed by atoms with Gasteiger partial charge in [0, 0.05) is 13.2 Å². The van der Waals surface area contributed by atoms with E-state index in [1.807, 2.05) is 12.3 Å². The molecule has 118 valence electrons. The summed E-state index contributed by atoms with van der Waals surface area (Å²) in [6.45, 7) is 4.80. The number of hydrogen-bond donors (Lipinski definition) is 2. The first kappa shape index (κ1) is 14.8. The minimum Gasteiger partial charge on any atom is -0.380 e. The highest BCUT2D eigenvalue weighted by Gasteiger charge is 2.47.